The highest BCUT2D eigenvalue weighted by atomic mass is 16.5. The molecular formula is C22H25N5O3. The maximum atomic E-state index is 6.08. The lowest BCUT2D eigenvalue weighted by atomic mass is 10.0. The Bertz CT molecular complexity index is 1050. The van der Waals surface area contributed by atoms with E-state index in [0.717, 1.165) is 49.5 Å². The van der Waals surface area contributed by atoms with Gasteiger partial charge in [0.05, 0.1) is 25.0 Å². The summed E-state index contributed by atoms with van der Waals surface area (Å²) < 4.78 is 16.9. The quantitative estimate of drug-likeness (QED) is 0.638. The number of hydrogen-bond donors (Lipinski definition) is 0. The van der Waals surface area contributed by atoms with Crippen LogP contribution in [0.25, 0.3) is 11.4 Å². The Hall–Kier alpha value is -2.84. The minimum atomic E-state index is -0.184. The summed E-state index contributed by atoms with van der Waals surface area (Å²) in [5, 5.41) is 4.03. The van der Waals surface area contributed by atoms with Gasteiger partial charge in [-0.2, -0.15) is 4.98 Å². The molecular weight excluding hydrogens is 382 g/mol. The SMILES string of the molecule is COc1cc2c(cc1CN1CCO[C@H](c3ncncc3-c3noc(C)n3)C1)CCC2. The van der Waals surface area contributed by atoms with E-state index >= 15 is 0 Å². The van der Waals surface area contributed by atoms with Gasteiger partial charge in [-0.3, -0.25) is 4.90 Å². The summed E-state index contributed by atoms with van der Waals surface area (Å²) in [7, 11) is 1.75. The van der Waals surface area contributed by atoms with Crippen LogP contribution in [0.1, 0.15) is 40.8 Å². The molecule has 1 fully saturated rings. The second-order valence-electron chi connectivity index (χ2n) is 7.84. The maximum absolute atomic E-state index is 6.08. The van der Waals surface area contributed by atoms with Gasteiger partial charge in [-0.15, -0.1) is 0 Å². The first kappa shape index (κ1) is 19.1. The summed E-state index contributed by atoms with van der Waals surface area (Å²) in [6.07, 6.45) is 6.62. The van der Waals surface area contributed by atoms with Gasteiger partial charge in [0.15, 0.2) is 0 Å². The van der Waals surface area contributed by atoms with E-state index in [4.69, 9.17) is 14.0 Å². The molecule has 0 spiro atoms. The number of aryl methyl sites for hydroxylation is 3. The number of rotatable bonds is 5. The second-order valence-corrected chi connectivity index (χ2v) is 7.84. The van der Waals surface area contributed by atoms with E-state index in [1.165, 1.54) is 29.4 Å². The Morgan fingerprint density at radius 2 is 2.10 bits per heavy atom. The number of morpholine rings is 1. The van der Waals surface area contributed by atoms with E-state index in [2.05, 4.69) is 37.1 Å². The molecule has 0 N–H and O–H groups in total. The summed E-state index contributed by atoms with van der Waals surface area (Å²) in [6.45, 7) is 4.80. The van der Waals surface area contributed by atoms with E-state index in [0.29, 0.717) is 18.3 Å². The molecule has 1 aromatic carbocycles. The number of nitrogens with zero attached hydrogens (tertiary/aromatic N) is 5. The largest absolute Gasteiger partial charge is 0.496 e. The first-order chi connectivity index (χ1) is 14.7. The summed E-state index contributed by atoms with van der Waals surface area (Å²) in [4.78, 5) is 15.4. The van der Waals surface area contributed by atoms with Crippen LogP contribution in [0.3, 0.4) is 0 Å². The van der Waals surface area contributed by atoms with Gasteiger partial charge in [0.1, 0.15) is 18.2 Å². The highest BCUT2D eigenvalue weighted by Gasteiger charge is 2.28. The van der Waals surface area contributed by atoms with Crippen molar-refractivity contribution in [2.24, 2.45) is 0 Å². The van der Waals surface area contributed by atoms with Crippen LogP contribution in [-0.4, -0.2) is 51.8 Å². The van der Waals surface area contributed by atoms with Crippen LogP contribution in [-0.2, 0) is 24.1 Å². The Kier molecular flexibility index (Phi) is 5.18. The van der Waals surface area contributed by atoms with Gasteiger partial charge < -0.3 is 14.0 Å². The van der Waals surface area contributed by atoms with Crippen LogP contribution in [0.4, 0.5) is 0 Å². The molecule has 2 aromatic heterocycles. The molecule has 5 rings (SSSR count). The van der Waals surface area contributed by atoms with Crippen molar-refractivity contribution in [3.8, 4) is 17.1 Å². The zero-order valence-corrected chi connectivity index (χ0v) is 17.3. The average Bonchev–Trinajstić information content (AvgIpc) is 3.41. The smallest absolute Gasteiger partial charge is 0.223 e. The van der Waals surface area contributed by atoms with Crippen molar-refractivity contribution in [1.82, 2.24) is 25.0 Å². The van der Waals surface area contributed by atoms with Crippen molar-refractivity contribution in [2.75, 3.05) is 26.8 Å². The normalized spacial score (nSPS) is 19.1. The molecule has 2 aliphatic rings. The van der Waals surface area contributed by atoms with Gasteiger partial charge in [0.2, 0.25) is 11.7 Å². The molecule has 8 nitrogen and oxygen atoms in total. The number of hydrogen-bond acceptors (Lipinski definition) is 8. The van der Waals surface area contributed by atoms with E-state index in [9.17, 15) is 0 Å². The van der Waals surface area contributed by atoms with Gasteiger partial charge in [0.25, 0.3) is 0 Å². The molecule has 0 unspecified atom stereocenters. The molecule has 0 saturated carbocycles. The molecule has 1 aliphatic heterocycles. The van der Waals surface area contributed by atoms with Gasteiger partial charge in [0, 0.05) is 38.3 Å². The standard InChI is InChI=1S/C22H25N5O3/c1-14-25-22(26-30-14)18-10-23-13-24-21(18)20-12-27(6-7-29-20)11-17-8-15-4-3-5-16(15)9-19(17)28-2/h8-10,13,20H,3-7,11-12H2,1-2H3/t20-/m0/s1. The van der Waals surface area contributed by atoms with Crippen LogP contribution < -0.4 is 4.74 Å². The third-order valence-corrected chi connectivity index (χ3v) is 5.86. The third kappa shape index (κ3) is 3.68. The Balaban J connectivity index is 1.38. The highest BCUT2D eigenvalue weighted by Crippen LogP contribution is 2.33. The number of benzene rings is 1. The fourth-order valence-electron chi connectivity index (χ4n) is 4.40. The minimum absolute atomic E-state index is 0.184. The van der Waals surface area contributed by atoms with E-state index in [1.807, 2.05) is 0 Å². The molecule has 8 heteroatoms. The summed E-state index contributed by atoms with van der Waals surface area (Å²) >= 11 is 0. The number of aromatic nitrogens is 4. The van der Waals surface area contributed by atoms with Crippen molar-refractivity contribution in [1.29, 1.82) is 0 Å². The maximum Gasteiger partial charge on any atom is 0.223 e. The number of methoxy groups -OCH3 is 1. The van der Waals surface area contributed by atoms with Crippen molar-refractivity contribution in [2.45, 2.75) is 38.8 Å². The zero-order valence-electron chi connectivity index (χ0n) is 17.3. The molecule has 3 aromatic rings. The third-order valence-electron chi connectivity index (χ3n) is 5.86. The molecule has 1 atom stereocenters. The van der Waals surface area contributed by atoms with Crippen LogP contribution in [0.2, 0.25) is 0 Å². The molecule has 1 aliphatic carbocycles. The lowest BCUT2D eigenvalue weighted by Gasteiger charge is -2.33. The van der Waals surface area contributed by atoms with Crippen molar-refractivity contribution in [3.05, 3.63) is 52.9 Å². The van der Waals surface area contributed by atoms with Gasteiger partial charge in [-0.25, -0.2) is 9.97 Å². The lowest BCUT2D eigenvalue weighted by Crippen LogP contribution is -2.38. The molecule has 3 heterocycles. The van der Waals surface area contributed by atoms with Gasteiger partial charge >= 0.3 is 0 Å². The van der Waals surface area contributed by atoms with Crippen LogP contribution in [0.5, 0.6) is 5.75 Å². The fraction of sp³-hybridized carbons (Fsp3) is 0.455. The molecule has 0 radical (unpaired) electrons. The van der Waals surface area contributed by atoms with Crippen molar-refractivity contribution in [3.63, 3.8) is 0 Å². The first-order valence-corrected chi connectivity index (χ1v) is 10.3. The van der Waals surface area contributed by atoms with Crippen molar-refractivity contribution >= 4 is 0 Å². The Morgan fingerprint density at radius 1 is 1.23 bits per heavy atom. The topological polar surface area (TPSA) is 86.4 Å². The van der Waals surface area contributed by atoms with E-state index in [1.54, 1.807) is 20.2 Å². The molecule has 30 heavy (non-hydrogen) atoms. The number of fused-ring (bicyclic) bond motifs is 1. The molecule has 1 saturated heterocycles. The lowest BCUT2D eigenvalue weighted by molar-refractivity contribution is -0.0349. The predicted octanol–water partition coefficient (Wildman–Crippen LogP) is 2.91. The fourth-order valence-corrected chi connectivity index (χ4v) is 4.40. The zero-order chi connectivity index (χ0) is 20.5. The molecule has 156 valence electrons. The monoisotopic (exact) mass is 407 g/mol. The molecule has 0 amide bonds. The predicted molar refractivity (Wildman–Crippen MR) is 109 cm³/mol. The average molecular weight is 407 g/mol. The van der Waals surface area contributed by atoms with E-state index < -0.39 is 0 Å². The Labute approximate surface area is 175 Å². The minimum Gasteiger partial charge on any atom is -0.496 e. The molecule has 0 bridgehead atoms. The Morgan fingerprint density at radius 3 is 2.90 bits per heavy atom. The van der Waals surface area contributed by atoms with Crippen molar-refractivity contribution < 1.29 is 14.0 Å². The summed E-state index contributed by atoms with van der Waals surface area (Å²) in [5.74, 6) is 1.97. The summed E-state index contributed by atoms with van der Waals surface area (Å²) in [5.41, 5.74) is 5.65. The van der Waals surface area contributed by atoms with Crippen LogP contribution >= 0.6 is 0 Å². The van der Waals surface area contributed by atoms with Gasteiger partial charge in [-0.1, -0.05) is 11.2 Å². The van der Waals surface area contributed by atoms with Crippen LogP contribution in [0.15, 0.2) is 29.2 Å². The first-order valence-electron chi connectivity index (χ1n) is 10.3. The van der Waals surface area contributed by atoms with Crippen LogP contribution in [0, 0.1) is 6.92 Å². The van der Waals surface area contributed by atoms with E-state index in [-0.39, 0.29) is 6.10 Å². The highest BCUT2D eigenvalue weighted by molar-refractivity contribution is 5.56. The second kappa shape index (κ2) is 8.12. The van der Waals surface area contributed by atoms with Gasteiger partial charge in [-0.05, 0) is 36.5 Å². The number of ether oxygens (including phenoxy) is 2. The summed E-state index contributed by atoms with van der Waals surface area (Å²) in [6, 6.07) is 4.54.